The maximum absolute atomic E-state index is 12.8. The molecule has 1 aromatic heterocycles. The number of fused-ring (bicyclic) bond motifs is 1. The van der Waals surface area contributed by atoms with Gasteiger partial charge in [0.25, 0.3) is 5.91 Å². The van der Waals surface area contributed by atoms with Crippen molar-refractivity contribution < 1.29 is 14.3 Å². The van der Waals surface area contributed by atoms with Crippen LogP contribution in [0.25, 0.3) is 0 Å². The Kier molecular flexibility index (Phi) is 5.60. The molecule has 0 aliphatic carbocycles. The molecule has 0 bridgehead atoms. The summed E-state index contributed by atoms with van der Waals surface area (Å²) in [5.74, 6) is -0.777. The van der Waals surface area contributed by atoms with Crippen molar-refractivity contribution in [2.75, 3.05) is 18.1 Å². The van der Waals surface area contributed by atoms with E-state index in [9.17, 15) is 9.59 Å². The van der Waals surface area contributed by atoms with E-state index in [1.807, 2.05) is 54.6 Å². The Labute approximate surface area is 168 Å². The van der Waals surface area contributed by atoms with Gasteiger partial charge < -0.3 is 9.64 Å². The number of amides is 1. The van der Waals surface area contributed by atoms with Gasteiger partial charge in [0, 0.05) is 18.7 Å². The zero-order valence-corrected chi connectivity index (χ0v) is 15.8. The number of aryl methyl sites for hydroxylation is 1. The first-order chi connectivity index (χ1) is 14.2. The lowest BCUT2D eigenvalue weighted by Crippen LogP contribution is -2.39. The number of hydrogen-bond acceptors (Lipinski definition) is 6. The van der Waals surface area contributed by atoms with Crippen molar-refractivity contribution in [2.24, 2.45) is 0 Å². The number of rotatable bonds is 6. The molecule has 1 atom stereocenters. The molecule has 1 amide bonds. The van der Waals surface area contributed by atoms with Gasteiger partial charge in [0.15, 0.2) is 12.6 Å². The molecular weight excluding hydrogens is 370 g/mol. The molecule has 2 heterocycles. The number of esters is 1. The van der Waals surface area contributed by atoms with Crippen LogP contribution in [0.3, 0.4) is 0 Å². The van der Waals surface area contributed by atoms with Crippen molar-refractivity contribution >= 4 is 17.6 Å². The summed E-state index contributed by atoms with van der Waals surface area (Å²) in [6.45, 7) is 0.300. The first-order valence-corrected chi connectivity index (χ1v) is 9.53. The third-order valence-corrected chi connectivity index (χ3v) is 4.98. The minimum absolute atomic E-state index is 0.235. The summed E-state index contributed by atoms with van der Waals surface area (Å²) in [4.78, 5) is 27.2. The van der Waals surface area contributed by atoms with E-state index in [-0.39, 0.29) is 12.5 Å². The number of benzene rings is 2. The van der Waals surface area contributed by atoms with E-state index in [0.29, 0.717) is 13.0 Å². The predicted octanol–water partition coefficient (Wildman–Crippen LogP) is 1.98. The number of anilines is 1. The Hall–Kier alpha value is -3.55. The van der Waals surface area contributed by atoms with Crippen LogP contribution in [0.5, 0.6) is 0 Å². The van der Waals surface area contributed by atoms with Crippen molar-refractivity contribution in [3.05, 3.63) is 72.1 Å². The molecule has 0 saturated carbocycles. The quantitative estimate of drug-likeness (QED) is 0.597. The summed E-state index contributed by atoms with van der Waals surface area (Å²) in [6.07, 6.45) is 3.57. The molecule has 0 spiro atoms. The van der Waals surface area contributed by atoms with E-state index in [1.165, 1.54) is 11.0 Å². The molecule has 1 aliphatic rings. The molecule has 0 radical (unpaired) electrons. The van der Waals surface area contributed by atoms with Crippen LogP contribution < -0.4 is 4.90 Å². The lowest BCUT2D eigenvalue weighted by atomic mass is 10.0. The number of aromatic nitrogens is 4. The zero-order valence-electron chi connectivity index (χ0n) is 15.8. The molecule has 0 unspecified atom stereocenters. The highest BCUT2D eigenvalue weighted by Crippen LogP contribution is 2.26. The first-order valence-electron chi connectivity index (χ1n) is 9.53. The maximum atomic E-state index is 12.8. The summed E-state index contributed by atoms with van der Waals surface area (Å²) in [7, 11) is 0. The van der Waals surface area contributed by atoms with E-state index >= 15 is 0 Å². The highest BCUT2D eigenvalue weighted by Gasteiger charge is 2.27. The summed E-state index contributed by atoms with van der Waals surface area (Å²) in [6, 6.07) is 16.6. The first kappa shape index (κ1) is 18.8. The van der Waals surface area contributed by atoms with Crippen molar-refractivity contribution in [1.82, 2.24) is 20.2 Å². The molecule has 0 fully saturated rings. The van der Waals surface area contributed by atoms with Crippen molar-refractivity contribution in [3.63, 3.8) is 0 Å². The number of para-hydroxylation sites is 1. The highest BCUT2D eigenvalue weighted by atomic mass is 16.5. The Morgan fingerprint density at radius 2 is 1.86 bits per heavy atom. The van der Waals surface area contributed by atoms with E-state index < -0.39 is 12.0 Å². The Bertz CT molecular complexity index is 975. The second-order valence-corrected chi connectivity index (χ2v) is 6.88. The number of carbonyl (C=O) groups excluding carboxylic acids is 2. The number of ether oxygens (including phenoxy) is 1. The van der Waals surface area contributed by atoms with Crippen LogP contribution in [-0.2, 0) is 27.2 Å². The average Bonchev–Trinajstić information content (AvgIpc) is 3.30. The third kappa shape index (κ3) is 4.31. The van der Waals surface area contributed by atoms with Gasteiger partial charge in [0.2, 0.25) is 0 Å². The minimum atomic E-state index is -0.742. The van der Waals surface area contributed by atoms with Gasteiger partial charge >= 0.3 is 5.97 Å². The van der Waals surface area contributed by atoms with E-state index in [4.69, 9.17) is 4.74 Å². The second kappa shape index (κ2) is 8.64. The Morgan fingerprint density at radius 1 is 1.07 bits per heavy atom. The van der Waals surface area contributed by atoms with Gasteiger partial charge in [0.05, 0.1) is 0 Å². The zero-order chi connectivity index (χ0) is 20.1. The largest absolute Gasteiger partial charge is 0.454 e. The molecule has 0 N–H and O–H groups in total. The third-order valence-electron chi connectivity index (χ3n) is 4.98. The van der Waals surface area contributed by atoms with Crippen LogP contribution in [-0.4, -0.2) is 45.2 Å². The number of tetrazole rings is 1. The van der Waals surface area contributed by atoms with Gasteiger partial charge in [-0.1, -0.05) is 48.5 Å². The molecule has 148 valence electrons. The number of hydrogen-bond donors (Lipinski definition) is 0. The topological polar surface area (TPSA) is 90.2 Å². The highest BCUT2D eigenvalue weighted by molar-refractivity contribution is 5.96. The van der Waals surface area contributed by atoms with E-state index in [1.54, 1.807) is 4.90 Å². The molecule has 0 saturated heterocycles. The van der Waals surface area contributed by atoms with Gasteiger partial charge in [-0.3, -0.25) is 4.79 Å². The normalized spacial score (nSPS) is 14.1. The summed E-state index contributed by atoms with van der Waals surface area (Å²) in [5.41, 5.74) is 2.97. The molecule has 3 aromatic rings. The average molecular weight is 391 g/mol. The van der Waals surface area contributed by atoms with Crippen LogP contribution in [0.2, 0.25) is 0 Å². The standard InChI is InChI=1S/C21H21N5O3/c27-20(25-12-6-10-17-9-4-5-11-18(17)25)14-29-21(28)19(26-15-22-23-24-26)13-16-7-2-1-3-8-16/h1-5,7-9,11,15,19H,6,10,12-14H2/t19-/m1/s1. The van der Waals surface area contributed by atoms with Crippen molar-refractivity contribution in [3.8, 4) is 0 Å². The van der Waals surface area contributed by atoms with Gasteiger partial charge in [-0.2, -0.15) is 0 Å². The minimum Gasteiger partial charge on any atom is -0.454 e. The lowest BCUT2D eigenvalue weighted by molar-refractivity contribution is -0.151. The smallest absolute Gasteiger partial charge is 0.331 e. The maximum Gasteiger partial charge on any atom is 0.331 e. The molecular formula is C21H21N5O3. The molecule has 1 aliphatic heterocycles. The second-order valence-electron chi connectivity index (χ2n) is 6.88. The van der Waals surface area contributed by atoms with Gasteiger partial charge in [-0.05, 0) is 40.5 Å². The fourth-order valence-electron chi connectivity index (χ4n) is 3.53. The van der Waals surface area contributed by atoms with Gasteiger partial charge in [-0.15, -0.1) is 5.10 Å². The fourth-order valence-corrected chi connectivity index (χ4v) is 3.53. The van der Waals surface area contributed by atoms with Crippen LogP contribution in [0.15, 0.2) is 60.9 Å². The number of nitrogens with zero attached hydrogens (tertiary/aromatic N) is 5. The molecule has 8 nitrogen and oxygen atoms in total. The van der Waals surface area contributed by atoms with Crippen LogP contribution in [0.4, 0.5) is 5.69 Å². The fraction of sp³-hybridized carbons (Fsp3) is 0.286. The Morgan fingerprint density at radius 3 is 2.66 bits per heavy atom. The predicted molar refractivity (Wildman–Crippen MR) is 105 cm³/mol. The Balaban J connectivity index is 1.44. The van der Waals surface area contributed by atoms with E-state index in [2.05, 4.69) is 15.5 Å². The lowest BCUT2D eigenvalue weighted by Gasteiger charge is -2.29. The van der Waals surface area contributed by atoms with Crippen LogP contribution in [0, 0.1) is 0 Å². The van der Waals surface area contributed by atoms with Crippen molar-refractivity contribution in [2.45, 2.75) is 25.3 Å². The monoisotopic (exact) mass is 391 g/mol. The van der Waals surface area contributed by atoms with Crippen LogP contribution in [0.1, 0.15) is 23.6 Å². The van der Waals surface area contributed by atoms with Gasteiger partial charge in [-0.25, -0.2) is 9.48 Å². The number of carbonyl (C=O) groups is 2. The van der Waals surface area contributed by atoms with Gasteiger partial charge in [0.1, 0.15) is 6.33 Å². The van der Waals surface area contributed by atoms with Crippen LogP contribution >= 0.6 is 0 Å². The van der Waals surface area contributed by atoms with Crippen molar-refractivity contribution in [1.29, 1.82) is 0 Å². The molecule has 29 heavy (non-hydrogen) atoms. The van der Waals surface area contributed by atoms with E-state index in [0.717, 1.165) is 29.7 Å². The molecule has 4 rings (SSSR count). The molecule has 2 aromatic carbocycles. The molecule has 8 heteroatoms. The SMILES string of the molecule is O=C(OCC(=O)N1CCCc2ccccc21)[C@@H](Cc1ccccc1)n1cnnn1. The summed E-state index contributed by atoms with van der Waals surface area (Å²) < 4.78 is 6.74. The summed E-state index contributed by atoms with van der Waals surface area (Å²) >= 11 is 0. The summed E-state index contributed by atoms with van der Waals surface area (Å²) in [5, 5.41) is 11.1.